The first-order chi connectivity index (χ1) is 18.6. The molecular weight excluding hydrogens is 468 g/mol. The number of hydrogen-bond donors (Lipinski definition) is 0. The molecule has 0 saturated carbocycles. The number of hydrogen-bond acceptors (Lipinski definition) is 3. The van der Waals surface area contributed by atoms with Crippen molar-refractivity contribution in [3.8, 4) is 34.2 Å². The van der Waals surface area contributed by atoms with Gasteiger partial charge in [0.2, 0.25) is 5.69 Å². The van der Waals surface area contributed by atoms with Crippen LogP contribution in [0.1, 0.15) is 28.4 Å². The van der Waals surface area contributed by atoms with Crippen LogP contribution >= 0.6 is 0 Å². The van der Waals surface area contributed by atoms with Crippen molar-refractivity contribution in [3.63, 3.8) is 0 Å². The quantitative estimate of drug-likeness (QED) is 0.239. The standard InChI is InChI=1S/C34H25N2O2/c1-21-10-16-26-27-17-15-25(20-35)32(34(27)38-33(26)31(21)28-8-5-6-18-36(28)2)23-13-11-22(12-14-23)30-19-24-7-3-4-9-29(24)37-30/h3-18,30H,19H2,1-2H3/q+1. The van der Waals surface area contributed by atoms with E-state index in [2.05, 4.69) is 72.2 Å². The fourth-order valence-electron chi connectivity index (χ4n) is 5.72. The number of pyridine rings is 1. The molecule has 7 rings (SSSR count). The van der Waals surface area contributed by atoms with Gasteiger partial charge in [-0.3, -0.25) is 0 Å². The van der Waals surface area contributed by atoms with Gasteiger partial charge in [0.1, 0.15) is 30.1 Å². The van der Waals surface area contributed by atoms with Gasteiger partial charge in [0.25, 0.3) is 0 Å². The average molecular weight is 494 g/mol. The second-order valence-corrected chi connectivity index (χ2v) is 9.95. The molecular formula is C34H25N2O2+. The van der Waals surface area contributed by atoms with Gasteiger partial charge in [-0.2, -0.15) is 5.26 Å². The van der Waals surface area contributed by atoms with Gasteiger partial charge in [-0.15, -0.1) is 0 Å². The van der Waals surface area contributed by atoms with E-state index in [0.29, 0.717) is 5.56 Å². The molecule has 3 heterocycles. The first-order valence-electron chi connectivity index (χ1n) is 12.8. The predicted octanol–water partition coefficient (Wildman–Crippen LogP) is 7.60. The van der Waals surface area contributed by atoms with Crippen LogP contribution in [-0.2, 0) is 13.5 Å². The van der Waals surface area contributed by atoms with Gasteiger partial charge in [0, 0.05) is 34.9 Å². The summed E-state index contributed by atoms with van der Waals surface area (Å²) in [4.78, 5) is 0. The summed E-state index contributed by atoms with van der Waals surface area (Å²) in [6.07, 6.45) is 2.90. The van der Waals surface area contributed by atoms with Gasteiger partial charge in [0.05, 0.1) is 17.2 Å². The van der Waals surface area contributed by atoms with E-state index >= 15 is 0 Å². The lowest BCUT2D eigenvalue weighted by Gasteiger charge is -2.12. The molecule has 0 amide bonds. The molecule has 2 aromatic heterocycles. The highest BCUT2D eigenvalue weighted by atomic mass is 16.5. The average Bonchev–Trinajstić information content (AvgIpc) is 3.55. The SMILES string of the molecule is Cc1ccc2c(oc3c(-c4ccc(C5Cc6ccccc6O5)cc4)c(C#N)ccc32)c1-c1cccc[n+]1C. The van der Waals surface area contributed by atoms with E-state index in [0.717, 1.165) is 67.6 Å². The number of para-hydroxylation sites is 1. The van der Waals surface area contributed by atoms with Crippen molar-refractivity contribution in [3.05, 3.63) is 119 Å². The maximum absolute atomic E-state index is 10.0. The number of furan rings is 1. The predicted molar refractivity (Wildman–Crippen MR) is 149 cm³/mol. The summed E-state index contributed by atoms with van der Waals surface area (Å²) in [5.41, 5.74) is 9.60. The molecule has 6 aromatic rings. The molecule has 0 radical (unpaired) electrons. The van der Waals surface area contributed by atoms with E-state index in [1.165, 1.54) is 5.56 Å². The Morgan fingerprint density at radius 2 is 1.55 bits per heavy atom. The Kier molecular flexibility index (Phi) is 5.06. The summed E-state index contributed by atoms with van der Waals surface area (Å²) in [6.45, 7) is 2.11. The highest BCUT2D eigenvalue weighted by Crippen LogP contribution is 2.42. The Balaban J connectivity index is 1.38. The van der Waals surface area contributed by atoms with Crippen LogP contribution in [0.4, 0.5) is 0 Å². The van der Waals surface area contributed by atoms with E-state index in [1.54, 1.807) is 0 Å². The van der Waals surface area contributed by atoms with E-state index in [-0.39, 0.29) is 6.10 Å². The highest BCUT2D eigenvalue weighted by Gasteiger charge is 2.25. The maximum Gasteiger partial charge on any atom is 0.216 e. The molecule has 4 heteroatoms. The molecule has 1 atom stereocenters. The zero-order chi connectivity index (χ0) is 25.8. The van der Waals surface area contributed by atoms with Gasteiger partial charge in [-0.25, -0.2) is 4.57 Å². The molecule has 0 saturated heterocycles. The third-order valence-electron chi connectivity index (χ3n) is 7.67. The van der Waals surface area contributed by atoms with Crippen LogP contribution in [0.3, 0.4) is 0 Å². The Bertz CT molecular complexity index is 1880. The summed E-state index contributed by atoms with van der Waals surface area (Å²) in [5, 5.41) is 12.1. The molecule has 182 valence electrons. The summed E-state index contributed by atoms with van der Waals surface area (Å²) in [6, 6.07) is 33.3. The third-order valence-corrected chi connectivity index (χ3v) is 7.67. The smallest absolute Gasteiger partial charge is 0.216 e. The molecule has 1 unspecified atom stereocenters. The van der Waals surface area contributed by atoms with E-state index in [9.17, 15) is 5.26 Å². The minimum absolute atomic E-state index is 0.00368. The van der Waals surface area contributed by atoms with E-state index in [1.807, 2.05) is 49.6 Å². The lowest BCUT2D eigenvalue weighted by Crippen LogP contribution is -2.30. The second-order valence-electron chi connectivity index (χ2n) is 9.95. The summed E-state index contributed by atoms with van der Waals surface area (Å²) in [5.74, 6) is 0.957. The minimum Gasteiger partial charge on any atom is -0.485 e. The van der Waals surface area contributed by atoms with Crippen LogP contribution in [0.25, 0.3) is 44.3 Å². The first-order valence-corrected chi connectivity index (χ1v) is 12.8. The number of aryl methyl sites for hydroxylation is 2. The number of nitriles is 1. The lowest BCUT2D eigenvalue weighted by molar-refractivity contribution is -0.660. The topological polar surface area (TPSA) is 50.0 Å². The number of aromatic nitrogens is 1. The molecule has 1 aliphatic rings. The van der Waals surface area contributed by atoms with Gasteiger partial charge in [-0.05, 0) is 53.4 Å². The summed E-state index contributed by atoms with van der Waals surface area (Å²) >= 11 is 0. The largest absolute Gasteiger partial charge is 0.485 e. The Morgan fingerprint density at radius 1 is 0.816 bits per heavy atom. The fraction of sp³-hybridized carbons (Fsp3) is 0.118. The monoisotopic (exact) mass is 493 g/mol. The van der Waals surface area contributed by atoms with Gasteiger partial charge in [-0.1, -0.05) is 54.6 Å². The van der Waals surface area contributed by atoms with Gasteiger partial charge in [0.15, 0.2) is 6.20 Å². The number of rotatable bonds is 3. The Hall–Kier alpha value is -4.88. The molecule has 0 fully saturated rings. The Morgan fingerprint density at radius 3 is 2.32 bits per heavy atom. The van der Waals surface area contributed by atoms with Crippen LogP contribution < -0.4 is 9.30 Å². The Labute approximate surface area is 221 Å². The zero-order valence-corrected chi connectivity index (χ0v) is 21.2. The maximum atomic E-state index is 10.0. The molecule has 4 nitrogen and oxygen atoms in total. The van der Waals surface area contributed by atoms with Crippen molar-refractivity contribution in [1.29, 1.82) is 5.26 Å². The number of ether oxygens (including phenoxy) is 1. The molecule has 0 spiro atoms. The van der Waals surface area contributed by atoms with Crippen molar-refractivity contribution in [1.82, 2.24) is 0 Å². The van der Waals surface area contributed by atoms with E-state index < -0.39 is 0 Å². The van der Waals surface area contributed by atoms with E-state index in [4.69, 9.17) is 9.15 Å². The van der Waals surface area contributed by atoms with Crippen LogP contribution in [0.2, 0.25) is 0 Å². The van der Waals surface area contributed by atoms with Crippen molar-refractivity contribution >= 4 is 21.9 Å². The lowest BCUT2D eigenvalue weighted by atomic mass is 9.94. The van der Waals surface area contributed by atoms with Crippen molar-refractivity contribution in [2.24, 2.45) is 7.05 Å². The highest BCUT2D eigenvalue weighted by molar-refractivity contribution is 6.14. The van der Waals surface area contributed by atoms with Crippen molar-refractivity contribution in [2.45, 2.75) is 19.4 Å². The molecule has 0 bridgehead atoms. The van der Waals surface area contributed by atoms with Gasteiger partial charge < -0.3 is 9.15 Å². The van der Waals surface area contributed by atoms with Crippen molar-refractivity contribution in [2.75, 3.05) is 0 Å². The van der Waals surface area contributed by atoms with Gasteiger partial charge >= 0.3 is 0 Å². The number of fused-ring (bicyclic) bond motifs is 4. The van der Waals surface area contributed by atoms with Crippen LogP contribution in [0.5, 0.6) is 5.75 Å². The molecule has 4 aromatic carbocycles. The second kappa shape index (κ2) is 8.61. The van der Waals surface area contributed by atoms with Crippen LogP contribution in [0, 0.1) is 18.3 Å². The molecule has 0 N–H and O–H groups in total. The number of benzene rings is 4. The zero-order valence-electron chi connectivity index (χ0n) is 21.2. The minimum atomic E-state index is -0.00368. The number of nitrogens with zero attached hydrogens (tertiary/aromatic N) is 2. The van der Waals surface area contributed by atoms with Crippen molar-refractivity contribution < 1.29 is 13.7 Å². The third kappa shape index (κ3) is 3.40. The normalized spacial score (nSPS) is 14.4. The fourth-order valence-corrected chi connectivity index (χ4v) is 5.72. The molecule has 1 aliphatic heterocycles. The first kappa shape index (κ1) is 22.3. The van der Waals surface area contributed by atoms with Crippen LogP contribution in [-0.4, -0.2) is 0 Å². The summed E-state index contributed by atoms with van der Waals surface area (Å²) in [7, 11) is 2.05. The molecule has 0 aliphatic carbocycles. The van der Waals surface area contributed by atoms with Crippen LogP contribution in [0.15, 0.2) is 102 Å². The summed E-state index contributed by atoms with van der Waals surface area (Å²) < 4.78 is 15.0. The molecule has 38 heavy (non-hydrogen) atoms.